The molecule has 6 heteroatoms. The van der Waals surface area contributed by atoms with Crippen molar-refractivity contribution in [2.45, 2.75) is 32.4 Å². The first kappa shape index (κ1) is 14.0. The van der Waals surface area contributed by atoms with Crippen molar-refractivity contribution in [2.75, 3.05) is 12.0 Å². The Bertz CT molecular complexity index is 316. The number of nitrogens with one attached hydrogen (secondary N) is 1. The molecular weight excluding hydrogens is 288 g/mol. The Morgan fingerprint density at radius 1 is 1.69 bits per heavy atom. The average molecular weight is 307 g/mol. The summed E-state index contributed by atoms with van der Waals surface area (Å²) in [6.07, 6.45) is 6.02. The fourth-order valence-corrected chi connectivity index (χ4v) is 2.69. The van der Waals surface area contributed by atoms with Crippen LogP contribution in [0.25, 0.3) is 0 Å². The van der Waals surface area contributed by atoms with Crippen LogP contribution in [0, 0.1) is 0 Å². The number of hydrogen-bond acceptors (Lipinski definition) is 4. The monoisotopic (exact) mass is 306 g/mol. The molecule has 0 aromatic carbocycles. The van der Waals surface area contributed by atoms with Crippen LogP contribution in [0.5, 0.6) is 0 Å². The highest BCUT2D eigenvalue weighted by Crippen LogP contribution is 2.26. The summed E-state index contributed by atoms with van der Waals surface area (Å²) in [7, 11) is 0. The molecule has 0 radical (unpaired) electrons. The van der Waals surface area contributed by atoms with Gasteiger partial charge >= 0.3 is 0 Å². The van der Waals surface area contributed by atoms with Crippen molar-refractivity contribution in [3.05, 3.63) is 16.4 Å². The van der Waals surface area contributed by atoms with E-state index in [0.717, 1.165) is 35.3 Å². The van der Waals surface area contributed by atoms with Crippen molar-refractivity contribution in [2.24, 2.45) is 5.84 Å². The van der Waals surface area contributed by atoms with Gasteiger partial charge in [0.25, 0.3) is 0 Å². The summed E-state index contributed by atoms with van der Waals surface area (Å²) in [5.74, 6) is 6.70. The molecule has 0 aliphatic rings. The summed E-state index contributed by atoms with van der Waals surface area (Å²) in [5.41, 5.74) is 4.03. The van der Waals surface area contributed by atoms with E-state index in [9.17, 15) is 0 Å². The van der Waals surface area contributed by atoms with Gasteiger partial charge in [0.15, 0.2) is 0 Å². The Morgan fingerprint density at radius 2 is 2.44 bits per heavy atom. The zero-order valence-electron chi connectivity index (χ0n) is 9.74. The van der Waals surface area contributed by atoms with Crippen LogP contribution in [0.1, 0.15) is 31.5 Å². The van der Waals surface area contributed by atoms with Gasteiger partial charge in [-0.15, -0.1) is 0 Å². The van der Waals surface area contributed by atoms with E-state index < -0.39 is 0 Å². The van der Waals surface area contributed by atoms with E-state index in [4.69, 9.17) is 5.84 Å². The zero-order valence-corrected chi connectivity index (χ0v) is 12.1. The highest BCUT2D eigenvalue weighted by Gasteiger charge is 2.18. The number of hydrogen-bond donors (Lipinski definition) is 2. The van der Waals surface area contributed by atoms with E-state index in [0.29, 0.717) is 0 Å². The van der Waals surface area contributed by atoms with Crippen molar-refractivity contribution < 1.29 is 0 Å². The van der Waals surface area contributed by atoms with Crippen LogP contribution in [0.4, 0.5) is 0 Å². The molecule has 0 saturated heterocycles. The van der Waals surface area contributed by atoms with E-state index in [1.807, 2.05) is 22.6 Å². The van der Waals surface area contributed by atoms with Gasteiger partial charge in [0, 0.05) is 6.54 Å². The maximum absolute atomic E-state index is 5.62. The second-order valence-corrected chi connectivity index (χ2v) is 5.44. The molecule has 0 fully saturated rings. The Balaban J connectivity index is 2.84. The number of aromatic nitrogens is 2. The first-order valence-corrected chi connectivity index (χ1v) is 7.59. The van der Waals surface area contributed by atoms with Crippen LogP contribution in [-0.2, 0) is 6.54 Å². The van der Waals surface area contributed by atoms with Gasteiger partial charge in [-0.1, -0.05) is 6.92 Å². The maximum atomic E-state index is 5.62. The van der Waals surface area contributed by atoms with Gasteiger partial charge in [0.1, 0.15) is 0 Å². The third-order valence-electron chi connectivity index (χ3n) is 2.41. The van der Waals surface area contributed by atoms with Gasteiger partial charge in [-0.25, -0.2) is 0 Å². The lowest BCUT2D eigenvalue weighted by Gasteiger charge is -2.17. The topological polar surface area (TPSA) is 55.9 Å². The molecule has 1 atom stereocenters. The van der Waals surface area contributed by atoms with Crippen molar-refractivity contribution in [1.29, 1.82) is 0 Å². The smallest absolute Gasteiger partial charge is 0.0709 e. The molecule has 0 saturated carbocycles. The van der Waals surface area contributed by atoms with Crippen LogP contribution in [0.3, 0.4) is 0 Å². The van der Waals surface area contributed by atoms with Crippen molar-refractivity contribution in [3.63, 3.8) is 0 Å². The Hall–Kier alpha value is -0.0400. The average Bonchev–Trinajstić information content (AvgIpc) is 2.63. The third kappa shape index (κ3) is 3.48. The van der Waals surface area contributed by atoms with Gasteiger partial charge in [-0.2, -0.15) is 16.9 Å². The summed E-state index contributed by atoms with van der Waals surface area (Å²) in [6.45, 7) is 3.07. The number of thioether (sulfide) groups is 1. The fourth-order valence-electron chi connectivity index (χ4n) is 1.64. The second-order valence-electron chi connectivity index (χ2n) is 3.60. The normalized spacial score (nSPS) is 13.0. The second kappa shape index (κ2) is 7.32. The third-order valence-corrected chi connectivity index (χ3v) is 3.67. The maximum Gasteiger partial charge on any atom is 0.0709 e. The molecule has 1 aromatic heterocycles. The standard InChI is InChI=1S/C10H19BrN4S/c1-3-5-15-10(8(11)7-13-15)9(14-12)4-6-16-2/h7,9,14H,3-6,12H2,1-2H3. The minimum atomic E-state index is 0.163. The molecule has 0 aliphatic heterocycles. The van der Waals surface area contributed by atoms with Gasteiger partial charge in [0.05, 0.1) is 22.4 Å². The van der Waals surface area contributed by atoms with E-state index in [1.54, 1.807) is 0 Å². The van der Waals surface area contributed by atoms with Gasteiger partial charge in [0.2, 0.25) is 0 Å². The van der Waals surface area contributed by atoms with Crippen LogP contribution < -0.4 is 11.3 Å². The number of hydrazine groups is 1. The molecule has 0 spiro atoms. The number of aryl methyl sites for hydroxylation is 1. The van der Waals surface area contributed by atoms with Crippen LogP contribution in [0.15, 0.2) is 10.7 Å². The van der Waals surface area contributed by atoms with Crippen molar-refractivity contribution in [1.82, 2.24) is 15.2 Å². The van der Waals surface area contributed by atoms with Gasteiger partial charge in [-0.05, 0) is 40.8 Å². The van der Waals surface area contributed by atoms with Gasteiger partial charge < -0.3 is 0 Å². The highest BCUT2D eigenvalue weighted by molar-refractivity contribution is 9.10. The van der Waals surface area contributed by atoms with E-state index in [1.165, 1.54) is 0 Å². The Labute approximate surface area is 109 Å². The van der Waals surface area contributed by atoms with E-state index >= 15 is 0 Å². The Morgan fingerprint density at radius 3 is 3.00 bits per heavy atom. The molecule has 1 rings (SSSR count). The van der Waals surface area contributed by atoms with Crippen LogP contribution >= 0.6 is 27.7 Å². The molecule has 92 valence electrons. The molecule has 0 aliphatic carbocycles. The number of nitrogens with zero attached hydrogens (tertiary/aromatic N) is 2. The fraction of sp³-hybridized carbons (Fsp3) is 0.700. The van der Waals surface area contributed by atoms with E-state index in [2.05, 4.69) is 39.6 Å². The first-order chi connectivity index (χ1) is 7.74. The summed E-state index contributed by atoms with van der Waals surface area (Å²) in [6, 6.07) is 0.163. The predicted octanol–water partition coefficient (Wildman–Crippen LogP) is 2.31. The molecule has 16 heavy (non-hydrogen) atoms. The number of rotatable bonds is 7. The molecule has 0 bridgehead atoms. The minimum absolute atomic E-state index is 0.163. The molecular formula is C10H19BrN4S. The molecule has 4 nitrogen and oxygen atoms in total. The van der Waals surface area contributed by atoms with Crippen LogP contribution in [0.2, 0.25) is 0 Å². The lowest BCUT2D eigenvalue weighted by molar-refractivity contribution is 0.471. The predicted molar refractivity (Wildman–Crippen MR) is 73.3 cm³/mol. The van der Waals surface area contributed by atoms with Crippen LogP contribution in [-0.4, -0.2) is 21.8 Å². The summed E-state index contributed by atoms with van der Waals surface area (Å²) in [4.78, 5) is 0. The summed E-state index contributed by atoms with van der Waals surface area (Å²) < 4.78 is 3.06. The SMILES string of the molecule is CCCn1ncc(Br)c1C(CCSC)NN. The molecule has 1 unspecified atom stereocenters. The molecule has 1 heterocycles. The lowest BCUT2D eigenvalue weighted by Crippen LogP contribution is -2.30. The first-order valence-electron chi connectivity index (χ1n) is 5.40. The van der Waals surface area contributed by atoms with E-state index in [-0.39, 0.29) is 6.04 Å². The largest absolute Gasteiger partial charge is 0.271 e. The number of halogens is 1. The zero-order chi connectivity index (χ0) is 12.0. The molecule has 0 amide bonds. The summed E-state index contributed by atoms with van der Waals surface area (Å²) >= 11 is 5.36. The minimum Gasteiger partial charge on any atom is -0.271 e. The quantitative estimate of drug-likeness (QED) is 0.599. The van der Waals surface area contributed by atoms with Crippen molar-refractivity contribution in [3.8, 4) is 0 Å². The van der Waals surface area contributed by atoms with Gasteiger partial charge in [-0.3, -0.25) is 16.0 Å². The Kier molecular flexibility index (Phi) is 6.41. The molecule has 1 aromatic rings. The number of nitrogens with two attached hydrogens (primary N) is 1. The summed E-state index contributed by atoms with van der Waals surface area (Å²) in [5, 5.41) is 4.35. The molecule has 3 N–H and O–H groups in total. The highest BCUT2D eigenvalue weighted by atomic mass is 79.9. The lowest BCUT2D eigenvalue weighted by atomic mass is 10.1. The van der Waals surface area contributed by atoms with Crippen molar-refractivity contribution >= 4 is 27.7 Å².